The number of piperidine rings is 1. The minimum atomic E-state index is 0.0448. The van der Waals surface area contributed by atoms with E-state index in [9.17, 15) is 4.79 Å². The molecule has 0 bridgehead atoms. The molecular formula is C21H25N5O. The van der Waals surface area contributed by atoms with Crippen molar-refractivity contribution in [3.8, 4) is 0 Å². The van der Waals surface area contributed by atoms with Crippen molar-refractivity contribution >= 4 is 16.8 Å². The summed E-state index contributed by atoms with van der Waals surface area (Å²) in [6.45, 7) is 4.79. The molecule has 6 nitrogen and oxygen atoms in total. The number of aryl methyl sites for hydroxylation is 1. The smallest absolute Gasteiger partial charge is 0.274 e. The van der Waals surface area contributed by atoms with E-state index in [1.165, 1.54) is 24.4 Å². The second-order valence-electron chi connectivity index (χ2n) is 8.00. The largest absolute Gasteiger partial charge is 0.337 e. The molecule has 27 heavy (non-hydrogen) atoms. The van der Waals surface area contributed by atoms with Gasteiger partial charge in [-0.2, -0.15) is 5.10 Å². The number of aromatic amines is 1. The highest BCUT2D eigenvalue weighted by molar-refractivity contribution is 6.04. The number of carbonyl (C=O) groups is 1. The van der Waals surface area contributed by atoms with E-state index in [1.54, 1.807) is 0 Å². The van der Waals surface area contributed by atoms with Crippen molar-refractivity contribution in [3.63, 3.8) is 0 Å². The lowest BCUT2D eigenvalue weighted by Gasteiger charge is -2.32. The molecule has 0 atom stereocenters. The van der Waals surface area contributed by atoms with E-state index in [0.29, 0.717) is 17.5 Å². The van der Waals surface area contributed by atoms with Gasteiger partial charge in [0.1, 0.15) is 5.82 Å². The maximum Gasteiger partial charge on any atom is 0.274 e. The van der Waals surface area contributed by atoms with Crippen LogP contribution in [0.4, 0.5) is 0 Å². The summed E-state index contributed by atoms with van der Waals surface area (Å²) in [5.74, 6) is 2.60. The number of hydrogen-bond donors (Lipinski definition) is 1. The Morgan fingerprint density at radius 1 is 1.19 bits per heavy atom. The van der Waals surface area contributed by atoms with Crippen LogP contribution in [0.3, 0.4) is 0 Å². The molecule has 3 heterocycles. The SMILES string of the molecule is Cc1cnc(C2CC2)n1CC1CCN(C(=O)c2n[nH]c3ccccc23)CC1. The van der Waals surface area contributed by atoms with Crippen LogP contribution in [0, 0.1) is 12.8 Å². The minimum Gasteiger partial charge on any atom is -0.337 e. The van der Waals surface area contributed by atoms with Crippen molar-refractivity contribution in [2.24, 2.45) is 5.92 Å². The molecule has 1 saturated carbocycles. The first kappa shape index (κ1) is 16.5. The third kappa shape index (κ3) is 3.03. The Morgan fingerprint density at radius 3 is 2.74 bits per heavy atom. The lowest BCUT2D eigenvalue weighted by molar-refractivity contribution is 0.0678. The van der Waals surface area contributed by atoms with Crippen LogP contribution in [0.25, 0.3) is 10.9 Å². The van der Waals surface area contributed by atoms with E-state index < -0.39 is 0 Å². The summed E-state index contributed by atoms with van der Waals surface area (Å²) in [6, 6.07) is 7.82. The first-order chi connectivity index (χ1) is 13.2. The number of rotatable bonds is 4. The van der Waals surface area contributed by atoms with Crippen molar-refractivity contribution in [1.29, 1.82) is 0 Å². The van der Waals surface area contributed by atoms with Gasteiger partial charge in [-0.3, -0.25) is 9.89 Å². The maximum absolute atomic E-state index is 12.9. The number of imidazole rings is 1. The molecular weight excluding hydrogens is 338 g/mol. The van der Waals surface area contributed by atoms with Gasteiger partial charge in [0.15, 0.2) is 5.69 Å². The van der Waals surface area contributed by atoms with Gasteiger partial charge in [0.05, 0.1) is 5.52 Å². The zero-order chi connectivity index (χ0) is 18.4. The Kier molecular flexibility index (Phi) is 3.99. The van der Waals surface area contributed by atoms with Crippen LogP contribution in [0.1, 0.15) is 53.6 Å². The van der Waals surface area contributed by atoms with Gasteiger partial charge in [-0.15, -0.1) is 0 Å². The highest BCUT2D eigenvalue weighted by atomic mass is 16.2. The lowest BCUT2D eigenvalue weighted by atomic mass is 9.96. The van der Waals surface area contributed by atoms with Gasteiger partial charge in [-0.25, -0.2) is 4.98 Å². The van der Waals surface area contributed by atoms with Gasteiger partial charge >= 0.3 is 0 Å². The minimum absolute atomic E-state index is 0.0448. The molecule has 0 spiro atoms. The predicted octanol–water partition coefficient (Wildman–Crippen LogP) is 3.50. The second kappa shape index (κ2) is 6.51. The number of nitrogens with zero attached hydrogens (tertiary/aromatic N) is 4. The van der Waals surface area contributed by atoms with E-state index in [2.05, 4.69) is 26.7 Å². The van der Waals surface area contributed by atoms with Gasteiger partial charge in [-0.1, -0.05) is 18.2 Å². The summed E-state index contributed by atoms with van der Waals surface area (Å²) in [7, 11) is 0. The van der Waals surface area contributed by atoms with Crippen LogP contribution >= 0.6 is 0 Å². The summed E-state index contributed by atoms with van der Waals surface area (Å²) in [4.78, 5) is 19.5. The molecule has 1 aliphatic heterocycles. The molecule has 1 aromatic carbocycles. The molecule has 5 rings (SSSR count). The highest BCUT2D eigenvalue weighted by Crippen LogP contribution is 2.40. The van der Waals surface area contributed by atoms with Gasteiger partial charge in [0, 0.05) is 42.8 Å². The summed E-state index contributed by atoms with van der Waals surface area (Å²) < 4.78 is 2.42. The third-order valence-electron chi connectivity index (χ3n) is 6.04. The molecule has 1 N–H and O–H groups in total. The first-order valence-corrected chi connectivity index (χ1v) is 9.95. The first-order valence-electron chi connectivity index (χ1n) is 9.95. The van der Waals surface area contributed by atoms with E-state index in [1.807, 2.05) is 35.4 Å². The van der Waals surface area contributed by atoms with Crippen LogP contribution in [0.15, 0.2) is 30.5 Å². The summed E-state index contributed by atoms with van der Waals surface area (Å²) in [5, 5.41) is 8.15. The molecule has 1 amide bonds. The average Bonchev–Trinajstić information content (AvgIpc) is 3.35. The van der Waals surface area contributed by atoms with Gasteiger partial charge in [0.25, 0.3) is 5.91 Å². The number of fused-ring (bicyclic) bond motifs is 1. The Hall–Kier alpha value is -2.63. The molecule has 140 valence electrons. The summed E-state index contributed by atoms with van der Waals surface area (Å²) in [6.07, 6.45) is 6.64. The number of carbonyl (C=O) groups excluding carboxylic acids is 1. The van der Waals surface area contributed by atoms with E-state index in [-0.39, 0.29) is 5.91 Å². The monoisotopic (exact) mass is 363 g/mol. The predicted molar refractivity (Wildman–Crippen MR) is 104 cm³/mol. The van der Waals surface area contributed by atoms with Gasteiger partial charge in [0.2, 0.25) is 0 Å². The second-order valence-corrected chi connectivity index (χ2v) is 8.00. The zero-order valence-corrected chi connectivity index (χ0v) is 15.7. The molecule has 6 heteroatoms. The van der Waals surface area contributed by atoms with Gasteiger partial charge in [-0.05, 0) is 44.6 Å². The number of H-pyrrole nitrogens is 1. The zero-order valence-electron chi connectivity index (χ0n) is 15.7. The summed E-state index contributed by atoms with van der Waals surface area (Å²) in [5.41, 5.74) is 2.72. The normalized spacial score (nSPS) is 18.3. The number of amides is 1. The number of nitrogens with one attached hydrogen (secondary N) is 1. The van der Waals surface area contributed by atoms with Crippen molar-refractivity contribution in [3.05, 3.63) is 47.7 Å². The lowest BCUT2D eigenvalue weighted by Crippen LogP contribution is -2.39. The van der Waals surface area contributed by atoms with E-state index in [4.69, 9.17) is 0 Å². The molecule has 3 aromatic rings. The van der Waals surface area contributed by atoms with Crippen LogP contribution in [0.5, 0.6) is 0 Å². The quantitative estimate of drug-likeness (QED) is 0.771. The molecule has 1 saturated heterocycles. The topological polar surface area (TPSA) is 66.8 Å². The molecule has 2 aromatic heterocycles. The number of aromatic nitrogens is 4. The van der Waals surface area contributed by atoms with Crippen molar-refractivity contribution in [2.45, 2.75) is 45.1 Å². The Labute approximate surface area is 158 Å². The number of likely N-dealkylation sites (tertiary alicyclic amines) is 1. The number of benzene rings is 1. The molecule has 2 fully saturated rings. The Morgan fingerprint density at radius 2 is 1.96 bits per heavy atom. The van der Waals surface area contributed by atoms with E-state index in [0.717, 1.165) is 43.4 Å². The number of hydrogen-bond acceptors (Lipinski definition) is 3. The molecule has 1 aliphatic carbocycles. The highest BCUT2D eigenvalue weighted by Gasteiger charge is 2.31. The Bertz CT molecular complexity index is 976. The fourth-order valence-corrected chi connectivity index (χ4v) is 4.24. The number of para-hydroxylation sites is 1. The van der Waals surface area contributed by atoms with Crippen molar-refractivity contribution in [1.82, 2.24) is 24.6 Å². The van der Waals surface area contributed by atoms with Crippen LogP contribution in [0.2, 0.25) is 0 Å². The average molecular weight is 363 g/mol. The molecule has 2 aliphatic rings. The summed E-state index contributed by atoms with van der Waals surface area (Å²) >= 11 is 0. The van der Waals surface area contributed by atoms with Crippen LogP contribution < -0.4 is 0 Å². The molecule has 0 unspecified atom stereocenters. The van der Waals surface area contributed by atoms with Crippen LogP contribution in [-0.4, -0.2) is 43.6 Å². The van der Waals surface area contributed by atoms with Crippen LogP contribution in [-0.2, 0) is 6.54 Å². The third-order valence-corrected chi connectivity index (χ3v) is 6.04. The standard InChI is InChI=1S/C21H25N5O/c1-14-12-22-20(16-6-7-16)26(14)13-15-8-10-25(11-9-15)21(27)19-17-4-2-3-5-18(17)23-24-19/h2-5,12,15-16H,6-11,13H2,1H3,(H,23,24). The van der Waals surface area contributed by atoms with E-state index >= 15 is 0 Å². The van der Waals surface area contributed by atoms with Crippen molar-refractivity contribution in [2.75, 3.05) is 13.1 Å². The Balaban J connectivity index is 1.25. The van der Waals surface area contributed by atoms with Gasteiger partial charge < -0.3 is 9.47 Å². The molecule has 0 radical (unpaired) electrons. The maximum atomic E-state index is 12.9. The fraction of sp³-hybridized carbons (Fsp3) is 0.476. The fourth-order valence-electron chi connectivity index (χ4n) is 4.24. The van der Waals surface area contributed by atoms with Crippen molar-refractivity contribution < 1.29 is 4.79 Å².